The van der Waals surface area contributed by atoms with E-state index in [4.69, 9.17) is 0 Å². The molecule has 120 valence electrons. The molecule has 0 saturated heterocycles. The first-order valence-electron chi connectivity index (χ1n) is 7.68. The lowest BCUT2D eigenvalue weighted by Gasteiger charge is -2.12. The van der Waals surface area contributed by atoms with Crippen LogP contribution < -0.4 is 0 Å². The van der Waals surface area contributed by atoms with Crippen LogP contribution in [-0.4, -0.2) is 18.2 Å². The lowest BCUT2D eigenvalue weighted by atomic mass is 10.0. The summed E-state index contributed by atoms with van der Waals surface area (Å²) in [6.07, 6.45) is 1.65. The van der Waals surface area contributed by atoms with E-state index in [1.165, 1.54) is 0 Å². The second-order valence-electron chi connectivity index (χ2n) is 5.75. The van der Waals surface area contributed by atoms with E-state index >= 15 is 0 Å². The summed E-state index contributed by atoms with van der Waals surface area (Å²) in [5, 5.41) is 6.23. The largest absolute Gasteiger partial charge is 0.269 e. The van der Waals surface area contributed by atoms with Crippen molar-refractivity contribution in [1.82, 2.24) is 9.78 Å². The molecule has 0 saturated carbocycles. The first-order chi connectivity index (χ1) is 11.0. The lowest BCUT2D eigenvalue weighted by Crippen LogP contribution is -2.13. The Labute approximate surface area is 136 Å². The van der Waals surface area contributed by atoms with Crippen LogP contribution in [0.5, 0.6) is 0 Å². The van der Waals surface area contributed by atoms with Crippen molar-refractivity contribution in [3.63, 3.8) is 0 Å². The number of benzene rings is 2. The average Bonchev–Trinajstić information content (AvgIpc) is 2.96. The second kappa shape index (κ2) is 6.16. The van der Waals surface area contributed by atoms with E-state index in [0.717, 1.165) is 27.6 Å². The van der Waals surface area contributed by atoms with Crippen molar-refractivity contribution < 1.29 is 8.42 Å². The molecule has 5 heteroatoms. The molecule has 1 aromatic heterocycles. The molecule has 23 heavy (non-hydrogen) atoms. The van der Waals surface area contributed by atoms with E-state index in [-0.39, 0.29) is 11.5 Å². The fourth-order valence-corrected chi connectivity index (χ4v) is 4.52. The van der Waals surface area contributed by atoms with Crippen LogP contribution in [-0.2, 0) is 27.9 Å². The van der Waals surface area contributed by atoms with E-state index in [0.29, 0.717) is 6.54 Å². The smallest absolute Gasteiger partial charge is 0.160 e. The van der Waals surface area contributed by atoms with Gasteiger partial charge in [-0.1, -0.05) is 36.4 Å². The van der Waals surface area contributed by atoms with Crippen LogP contribution >= 0.6 is 0 Å². The van der Waals surface area contributed by atoms with Gasteiger partial charge >= 0.3 is 0 Å². The Bertz CT molecular complexity index is 943. The minimum atomic E-state index is -3.26. The molecule has 4 nitrogen and oxygen atoms in total. The number of aromatic nitrogens is 2. The van der Waals surface area contributed by atoms with Gasteiger partial charge in [0.25, 0.3) is 0 Å². The van der Waals surface area contributed by atoms with Crippen LogP contribution in [0.15, 0.2) is 48.7 Å². The first kappa shape index (κ1) is 15.7. The molecule has 0 aliphatic heterocycles. The Morgan fingerprint density at radius 1 is 1.04 bits per heavy atom. The van der Waals surface area contributed by atoms with Gasteiger partial charge in [-0.2, -0.15) is 5.10 Å². The van der Waals surface area contributed by atoms with Gasteiger partial charge in [-0.25, -0.2) is 8.42 Å². The summed E-state index contributed by atoms with van der Waals surface area (Å²) in [5.41, 5.74) is 2.65. The van der Waals surface area contributed by atoms with Gasteiger partial charge in [-0.05, 0) is 41.8 Å². The Morgan fingerprint density at radius 3 is 2.61 bits per heavy atom. The zero-order valence-corrected chi connectivity index (χ0v) is 14.2. The van der Waals surface area contributed by atoms with Crippen LogP contribution in [0.2, 0.25) is 0 Å². The Hall–Kier alpha value is -2.14. The Kier molecular flexibility index (Phi) is 4.22. The van der Waals surface area contributed by atoms with Crippen LogP contribution in [0, 0.1) is 6.92 Å². The van der Waals surface area contributed by atoms with Gasteiger partial charge in [0.1, 0.15) is 0 Å². The van der Waals surface area contributed by atoms with Crippen molar-refractivity contribution in [3.05, 3.63) is 65.5 Å². The molecule has 0 amide bonds. The number of fused-ring (bicyclic) bond motifs is 1. The van der Waals surface area contributed by atoms with E-state index < -0.39 is 9.84 Å². The molecule has 3 aromatic rings. The van der Waals surface area contributed by atoms with Crippen molar-refractivity contribution in [2.45, 2.75) is 31.9 Å². The SMILES string of the molecule is CCn1nccc1CS(=O)(=O)Cc1c(C)ccc2ccccc12. The molecular formula is C18H20N2O2S. The standard InChI is InChI=1S/C18H20N2O2S/c1-3-20-16(10-11-19-20)12-23(21,22)13-18-14(2)8-9-15-6-4-5-7-17(15)18/h4-11H,3,12-13H2,1-2H3. The maximum absolute atomic E-state index is 12.7. The topological polar surface area (TPSA) is 52.0 Å². The van der Waals surface area contributed by atoms with Crippen molar-refractivity contribution in [3.8, 4) is 0 Å². The highest BCUT2D eigenvalue weighted by Gasteiger charge is 2.18. The molecule has 0 unspecified atom stereocenters. The van der Waals surface area contributed by atoms with E-state index in [2.05, 4.69) is 5.10 Å². The summed E-state index contributed by atoms with van der Waals surface area (Å²) in [6, 6.07) is 13.7. The Balaban J connectivity index is 1.96. The number of aryl methyl sites for hydroxylation is 2. The average molecular weight is 328 g/mol. The lowest BCUT2D eigenvalue weighted by molar-refractivity contribution is 0.585. The fraction of sp³-hybridized carbons (Fsp3) is 0.278. The summed E-state index contributed by atoms with van der Waals surface area (Å²) in [5.74, 6) is 0.0680. The monoisotopic (exact) mass is 328 g/mol. The molecular weight excluding hydrogens is 308 g/mol. The van der Waals surface area contributed by atoms with Crippen molar-refractivity contribution in [1.29, 1.82) is 0 Å². The first-order valence-corrected chi connectivity index (χ1v) is 9.50. The third kappa shape index (κ3) is 3.29. The molecule has 0 aliphatic carbocycles. The summed E-state index contributed by atoms with van der Waals surface area (Å²) in [4.78, 5) is 0. The van der Waals surface area contributed by atoms with Crippen molar-refractivity contribution >= 4 is 20.6 Å². The normalized spacial score (nSPS) is 11.9. The zero-order chi connectivity index (χ0) is 16.4. The van der Waals surface area contributed by atoms with Gasteiger partial charge in [-0.3, -0.25) is 4.68 Å². The molecule has 0 atom stereocenters. The van der Waals surface area contributed by atoms with Crippen LogP contribution in [0.25, 0.3) is 10.8 Å². The highest BCUT2D eigenvalue weighted by molar-refractivity contribution is 7.89. The molecule has 0 radical (unpaired) electrons. The van der Waals surface area contributed by atoms with Gasteiger partial charge in [-0.15, -0.1) is 0 Å². The highest BCUT2D eigenvalue weighted by atomic mass is 32.2. The molecule has 0 aliphatic rings. The molecule has 1 heterocycles. The number of nitrogens with zero attached hydrogens (tertiary/aromatic N) is 2. The molecule has 3 rings (SSSR count). The number of sulfone groups is 1. The summed E-state index contributed by atoms with van der Waals surface area (Å²) >= 11 is 0. The van der Waals surface area contributed by atoms with Gasteiger partial charge in [0, 0.05) is 12.7 Å². The molecule has 0 N–H and O–H groups in total. The van der Waals surface area contributed by atoms with Crippen molar-refractivity contribution in [2.24, 2.45) is 0 Å². The van der Waals surface area contributed by atoms with Gasteiger partial charge in [0.2, 0.25) is 0 Å². The third-order valence-corrected chi connectivity index (χ3v) is 5.57. The predicted octanol–water partition coefficient (Wildman–Crippen LogP) is 3.48. The fourth-order valence-electron chi connectivity index (χ4n) is 2.90. The molecule has 0 spiro atoms. The molecule has 0 fully saturated rings. The van der Waals surface area contributed by atoms with Crippen LogP contribution in [0.3, 0.4) is 0 Å². The maximum Gasteiger partial charge on any atom is 0.160 e. The second-order valence-corrected chi connectivity index (χ2v) is 7.82. The highest BCUT2D eigenvalue weighted by Crippen LogP contribution is 2.25. The summed E-state index contributed by atoms with van der Waals surface area (Å²) in [7, 11) is -3.26. The van der Waals surface area contributed by atoms with Crippen molar-refractivity contribution in [2.75, 3.05) is 0 Å². The number of hydrogen-bond donors (Lipinski definition) is 0. The van der Waals surface area contributed by atoms with E-state index in [1.54, 1.807) is 16.9 Å². The van der Waals surface area contributed by atoms with Gasteiger partial charge < -0.3 is 0 Å². The zero-order valence-electron chi connectivity index (χ0n) is 13.4. The quantitative estimate of drug-likeness (QED) is 0.720. The Morgan fingerprint density at radius 2 is 1.83 bits per heavy atom. The van der Waals surface area contributed by atoms with Gasteiger partial charge in [0.05, 0.1) is 17.2 Å². The van der Waals surface area contributed by atoms with Gasteiger partial charge in [0.15, 0.2) is 9.84 Å². The predicted molar refractivity (Wildman–Crippen MR) is 92.9 cm³/mol. The van der Waals surface area contributed by atoms with Crippen LogP contribution in [0.1, 0.15) is 23.7 Å². The minimum Gasteiger partial charge on any atom is -0.269 e. The minimum absolute atomic E-state index is 0.0174. The molecule has 0 bridgehead atoms. The van der Waals surface area contributed by atoms with E-state index in [9.17, 15) is 8.42 Å². The van der Waals surface area contributed by atoms with E-state index in [1.807, 2.05) is 50.2 Å². The summed E-state index contributed by atoms with van der Waals surface area (Å²) < 4.78 is 27.1. The maximum atomic E-state index is 12.7. The molecule has 2 aromatic carbocycles. The summed E-state index contributed by atoms with van der Waals surface area (Å²) in [6.45, 7) is 4.59. The third-order valence-electron chi connectivity index (χ3n) is 4.11. The number of rotatable bonds is 5. The number of hydrogen-bond acceptors (Lipinski definition) is 3. The van der Waals surface area contributed by atoms with Crippen LogP contribution in [0.4, 0.5) is 0 Å².